The quantitative estimate of drug-likeness (QED) is 0.431. The molecule has 0 aliphatic carbocycles. The highest BCUT2D eigenvalue weighted by molar-refractivity contribution is 5.80. The van der Waals surface area contributed by atoms with E-state index in [2.05, 4.69) is 58.9 Å². The van der Waals surface area contributed by atoms with Crippen molar-refractivity contribution >= 4 is 16.9 Å². The summed E-state index contributed by atoms with van der Waals surface area (Å²) < 4.78 is 11.4. The van der Waals surface area contributed by atoms with Crippen molar-refractivity contribution in [2.45, 2.75) is 26.4 Å². The van der Waals surface area contributed by atoms with Gasteiger partial charge < -0.3 is 19.8 Å². The van der Waals surface area contributed by atoms with Gasteiger partial charge in [-0.1, -0.05) is 42.5 Å². The molecule has 1 aliphatic heterocycles. The van der Waals surface area contributed by atoms with Gasteiger partial charge in [0.2, 0.25) is 0 Å². The van der Waals surface area contributed by atoms with Crippen LogP contribution in [0.5, 0.6) is 0 Å². The third kappa shape index (κ3) is 6.09. The maximum absolute atomic E-state index is 5.91. The van der Waals surface area contributed by atoms with Crippen LogP contribution in [-0.4, -0.2) is 50.3 Å². The highest BCUT2D eigenvalue weighted by Gasteiger charge is 2.12. The molecule has 0 atom stereocenters. The summed E-state index contributed by atoms with van der Waals surface area (Å²) in [6, 6.07) is 18.8. The molecule has 164 valence electrons. The molecule has 6 nitrogen and oxygen atoms in total. The Hall–Kier alpha value is -2.83. The molecular formula is C25H32N4O2. The van der Waals surface area contributed by atoms with Gasteiger partial charge in [0.15, 0.2) is 5.96 Å². The summed E-state index contributed by atoms with van der Waals surface area (Å²) in [7, 11) is 0. The Morgan fingerprint density at radius 1 is 1.00 bits per heavy atom. The van der Waals surface area contributed by atoms with Crippen LogP contribution in [0.4, 0.5) is 0 Å². The predicted octanol–water partition coefficient (Wildman–Crippen LogP) is 3.56. The summed E-state index contributed by atoms with van der Waals surface area (Å²) in [4.78, 5) is 7.28. The minimum atomic E-state index is 0.653. The number of benzene rings is 2. The minimum absolute atomic E-state index is 0.653. The number of nitrogens with zero attached hydrogens (tertiary/aromatic N) is 2. The minimum Gasteiger partial charge on any atom is -0.461 e. The number of para-hydroxylation sites is 1. The molecule has 1 fully saturated rings. The van der Waals surface area contributed by atoms with Crippen LogP contribution in [0.3, 0.4) is 0 Å². The van der Waals surface area contributed by atoms with E-state index in [1.807, 2.05) is 18.2 Å². The fraction of sp³-hybridized carbons (Fsp3) is 0.400. The molecule has 0 unspecified atom stereocenters. The van der Waals surface area contributed by atoms with Gasteiger partial charge in [-0.15, -0.1) is 0 Å². The molecule has 31 heavy (non-hydrogen) atoms. The van der Waals surface area contributed by atoms with Crippen LogP contribution in [0.25, 0.3) is 11.0 Å². The number of fused-ring (bicyclic) bond motifs is 1. The van der Waals surface area contributed by atoms with Gasteiger partial charge in [-0.3, -0.25) is 4.90 Å². The zero-order valence-electron chi connectivity index (χ0n) is 18.3. The van der Waals surface area contributed by atoms with Gasteiger partial charge in [0.05, 0.1) is 19.8 Å². The number of rotatable bonds is 8. The third-order valence-corrected chi connectivity index (χ3v) is 5.51. The number of nitrogens with one attached hydrogen (secondary N) is 2. The first-order valence-electron chi connectivity index (χ1n) is 11.2. The van der Waals surface area contributed by atoms with Crippen molar-refractivity contribution in [2.75, 3.05) is 39.4 Å². The van der Waals surface area contributed by atoms with Gasteiger partial charge in [0.25, 0.3) is 0 Å². The highest BCUT2D eigenvalue weighted by atomic mass is 16.5. The van der Waals surface area contributed by atoms with Crippen molar-refractivity contribution in [3.63, 3.8) is 0 Å². The fourth-order valence-corrected chi connectivity index (χ4v) is 3.84. The molecule has 0 amide bonds. The van der Waals surface area contributed by atoms with Crippen LogP contribution in [0.2, 0.25) is 0 Å². The summed E-state index contributed by atoms with van der Waals surface area (Å²) in [5.41, 5.74) is 3.55. The normalized spacial score (nSPS) is 15.3. The number of hydrogen-bond acceptors (Lipinski definition) is 4. The first-order chi connectivity index (χ1) is 15.3. The van der Waals surface area contributed by atoms with Crippen LogP contribution in [0.1, 0.15) is 23.8 Å². The number of ether oxygens (including phenoxy) is 1. The molecule has 0 bridgehead atoms. The smallest absolute Gasteiger partial charge is 0.191 e. The van der Waals surface area contributed by atoms with Gasteiger partial charge >= 0.3 is 0 Å². The molecule has 1 aromatic heterocycles. The lowest BCUT2D eigenvalue weighted by Gasteiger charge is -2.27. The van der Waals surface area contributed by atoms with Gasteiger partial charge in [0.1, 0.15) is 11.3 Å². The fourth-order valence-electron chi connectivity index (χ4n) is 3.84. The number of morpholine rings is 1. The van der Waals surface area contributed by atoms with Gasteiger partial charge in [-0.25, -0.2) is 4.99 Å². The van der Waals surface area contributed by atoms with E-state index in [1.165, 1.54) is 11.1 Å². The molecule has 0 radical (unpaired) electrons. The number of guanidine groups is 1. The third-order valence-electron chi connectivity index (χ3n) is 5.51. The maximum Gasteiger partial charge on any atom is 0.191 e. The van der Waals surface area contributed by atoms with E-state index in [0.717, 1.165) is 75.0 Å². The molecular weight excluding hydrogens is 388 g/mol. The predicted molar refractivity (Wildman–Crippen MR) is 125 cm³/mol. The zero-order chi connectivity index (χ0) is 21.3. The monoisotopic (exact) mass is 420 g/mol. The largest absolute Gasteiger partial charge is 0.461 e. The van der Waals surface area contributed by atoms with E-state index in [9.17, 15) is 0 Å². The second-order valence-electron chi connectivity index (χ2n) is 7.78. The maximum atomic E-state index is 5.91. The number of aliphatic imine (C=N–C) groups is 1. The van der Waals surface area contributed by atoms with Gasteiger partial charge in [-0.2, -0.15) is 0 Å². The van der Waals surface area contributed by atoms with Crippen molar-refractivity contribution in [1.82, 2.24) is 15.5 Å². The molecule has 0 saturated carbocycles. The molecule has 1 saturated heterocycles. The van der Waals surface area contributed by atoms with Gasteiger partial charge in [-0.05, 0) is 30.2 Å². The van der Waals surface area contributed by atoms with Crippen LogP contribution in [0, 0.1) is 0 Å². The van der Waals surface area contributed by atoms with Crippen LogP contribution >= 0.6 is 0 Å². The summed E-state index contributed by atoms with van der Waals surface area (Å²) in [6.07, 6.45) is 0.812. The van der Waals surface area contributed by atoms with Crippen molar-refractivity contribution in [3.8, 4) is 0 Å². The standard InChI is InChI=1S/C25H32N4O2/c1-2-26-25(27-12-11-23-17-20-7-5-6-10-24(20)31-23)28-18-21-8-3-4-9-22(21)19-29-13-15-30-16-14-29/h3-10,17H,2,11-16,18-19H2,1H3,(H2,26,27,28). The van der Waals surface area contributed by atoms with Crippen molar-refractivity contribution in [3.05, 3.63) is 71.5 Å². The van der Waals surface area contributed by atoms with E-state index in [-0.39, 0.29) is 0 Å². The Morgan fingerprint density at radius 2 is 1.77 bits per heavy atom. The molecule has 1 aliphatic rings. The van der Waals surface area contributed by atoms with Crippen molar-refractivity contribution in [2.24, 2.45) is 4.99 Å². The summed E-state index contributed by atoms with van der Waals surface area (Å²) in [6.45, 7) is 8.90. The number of furan rings is 1. The van der Waals surface area contributed by atoms with Crippen LogP contribution in [0.15, 0.2) is 64.0 Å². The molecule has 3 aromatic rings. The molecule has 4 rings (SSSR count). The summed E-state index contributed by atoms with van der Waals surface area (Å²) in [5, 5.41) is 7.93. The summed E-state index contributed by atoms with van der Waals surface area (Å²) in [5.74, 6) is 1.82. The highest BCUT2D eigenvalue weighted by Crippen LogP contribution is 2.19. The average molecular weight is 421 g/mol. The second-order valence-corrected chi connectivity index (χ2v) is 7.78. The van der Waals surface area contributed by atoms with E-state index in [0.29, 0.717) is 6.54 Å². The first kappa shape index (κ1) is 21.4. The lowest BCUT2D eigenvalue weighted by atomic mass is 10.1. The number of hydrogen-bond donors (Lipinski definition) is 2. The average Bonchev–Trinajstić information content (AvgIpc) is 3.22. The van der Waals surface area contributed by atoms with Crippen molar-refractivity contribution in [1.29, 1.82) is 0 Å². The Bertz CT molecular complexity index is 959. The molecule has 6 heteroatoms. The Kier molecular flexibility index (Phi) is 7.58. The summed E-state index contributed by atoms with van der Waals surface area (Å²) >= 11 is 0. The Balaban J connectivity index is 1.35. The molecule has 2 heterocycles. The second kappa shape index (κ2) is 11.0. The van der Waals surface area contributed by atoms with E-state index in [4.69, 9.17) is 14.1 Å². The van der Waals surface area contributed by atoms with E-state index in [1.54, 1.807) is 0 Å². The zero-order valence-corrected chi connectivity index (χ0v) is 18.3. The lowest BCUT2D eigenvalue weighted by Crippen LogP contribution is -2.38. The van der Waals surface area contributed by atoms with Gasteiger partial charge in [0, 0.05) is 44.5 Å². The van der Waals surface area contributed by atoms with E-state index >= 15 is 0 Å². The Morgan fingerprint density at radius 3 is 2.58 bits per heavy atom. The molecule has 2 aromatic carbocycles. The SMILES string of the molecule is CCNC(=NCc1ccccc1CN1CCOCC1)NCCc1cc2ccccc2o1. The molecule has 0 spiro atoms. The van der Waals surface area contributed by atoms with Crippen molar-refractivity contribution < 1.29 is 9.15 Å². The Labute approximate surface area is 184 Å². The topological polar surface area (TPSA) is 62.0 Å². The lowest BCUT2D eigenvalue weighted by molar-refractivity contribution is 0.0341. The van der Waals surface area contributed by atoms with Crippen LogP contribution in [-0.2, 0) is 24.2 Å². The first-order valence-corrected chi connectivity index (χ1v) is 11.2. The van der Waals surface area contributed by atoms with E-state index < -0.39 is 0 Å². The van der Waals surface area contributed by atoms with Crippen LogP contribution < -0.4 is 10.6 Å². The molecule has 2 N–H and O–H groups in total.